The first-order valence-electron chi connectivity index (χ1n) is 9.16. The summed E-state index contributed by atoms with van der Waals surface area (Å²) in [6.07, 6.45) is 3.98. The highest BCUT2D eigenvalue weighted by Crippen LogP contribution is 2.33. The van der Waals surface area contributed by atoms with Gasteiger partial charge in [-0.05, 0) is 37.8 Å². The highest BCUT2D eigenvalue weighted by molar-refractivity contribution is 5.69. The number of benzene rings is 1. The van der Waals surface area contributed by atoms with Crippen LogP contribution in [0.1, 0.15) is 38.5 Å². The van der Waals surface area contributed by atoms with Crippen molar-refractivity contribution in [1.82, 2.24) is 0 Å². The second-order valence-corrected chi connectivity index (χ2v) is 6.09. The van der Waals surface area contributed by atoms with Crippen molar-refractivity contribution < 1.29 is 28.5 Å². The molecule has 0 aromatic heterocycles. The lowest BCUT2D eigenvalue weighted by atomic mass is 10.1. The predicted octanol–water partition coefficient (Wildman–Crippen LogP) is 3.20. The molecule has 1 aromatic rings. The summed E-state index contributed by atoms with van der Waals surface area (Å²) >= 11 is 0. The molecule has 0 fully saturated rings. The molecule has 1 rings (SSSR count). The van der Waals surface area contributed by atoms with Crippen LogP contribution >= 0.6 is 0 Å². The standard InChI is InChI=1S/C20H31NO6/c1-24-16-11-12-18(25-2)17(15-16)21(13-7-5-9-19(22)26-3)14-8-6-10-20(23)27-4/h11-12,15H,5-10,13-14H2,1-4H3. The highest BCUT2D eigenvalue weighted by atomic mass is 16.5. The maximum Gasteiger partial charge on any atom is 0.305 e. The van der Waals surface area contributed by atoms with Gasteiger partial charge in [0.2, 0.25) is 0 Å². The van der Waals surface area contributed by atoms with E-state index in [0.717, 1.165) is 56.0 Å². The van der Waals surface area contributed by atoms with Gasteiger partial charge in [-0.15, -0.1) is 0 Å². The van der Waals surface area contributed by atoms with E-state index in [1.165, 1.54) is 14.2 Å². The SMILES string of the molecule is COC(=O)CCCCN(CCCCC(=O)OC)c1cc(OC)ccc1OC. The zero-order valence-corrected chi connectivity index (χ0v) is 16.8. The summed E-state index contributed by atoms with van der Waals surface area (Å²) in [5, 5.41) is 0. The average molecular weight is 381 g/mol. The van der Waals surface area contributed by atoms with Gasteiger partial charge in [0.15, 0.2) is 0 Å². The molecule has 152 valence electrons. The molecular formula is C20H31NO6. The lowest BCUT2D eigenvalue weighted by Crippen LogP contribution is -2.26. The van der Waals surface area contributed by atoms with E-state index in [1.807, 2.05) is 18.2 Å². The number of methoxy groups -OCH3 is 4. The smallest absolute Gasteiger partial charge is 0.305 e. The van der Waals surface area contributed by atoms with Crippen LogP contribution in [-0.2, 0) is 19.1 Å². The summed E-state index contributed by atoms with van der Waals surface area (Å²) in [5.41, 5.74) is 0.938. The summed E-state index contributed by atoms with van der Waals surface area (Å²) in [4.78, 5) is 24.8. The van der Waals surface area contributed by atoms with Crippen LogP contribution < -0.4 is 14.4 Å². The maximum absolute atomic E-state index is 11.3. The van der Waals surface area contributed by atoms with E-state index in [0.29, 0.717) is 12.8 Å². The molecule has 0 atom stereocenters. The molecule has 0 bridgehead atoms. The number of unbranched alkanes of at least 4 members (excludes halogenated alkanes) is 2. The molecule has 0 aliphatic carbocycles. The summed E-state index contributed by atoms with van der Waals surface area (Å²) in [6, 6.07) is 5.68. The Labute approximate surface area is 161 Å². The van der Waals surface area contributed by atoms with Crippen molar-refractivity contribution in [3.63, 3.8) is 0 Å². The highest BCUT2D eigenvalue weighted by Gasteiger charge is 2.14. The Hall–Kier alpha value is -2.44. The van der Waals surface area contributed by atoms with Crippen LogP contribution in [0.15, 0.2) is 18.2 Å². The summed E-state index contributed by atoms with van der Waals surface area (Å²) in [6.45, 7) is 1.53. The first-order valence-corrected chi connectivity index (χ1v) is 9.16. The van der Waals surface area contributed by atoms with Gasteiger partial charge in [0, 0.05) is 32.0 Å². The van der Waals surface area contributed by atoms with Crippen molar-refractivity contribution in [1.29, 1.82) is 0 Å². The Kier molecular flexibility index (Phi) is 10.7. The van der Waals surface area contributed by atoms with E-state index in [2.05, 4.69) is 14.4 Å². The fourth-order valence-corrected chi connectivity index (χ4v) is 2.74. The van der Waals surface area contributed by atoms with E-state index < -0.39 is 0 Å². The minimum atomic E-state index is -0.196. The van der Waals surface area contributed by atoms with Crippen LogP contribution in [0.2, 0.25) is 0 Å². The van der Waals surface area contributed by atoms with Gasteiger partial charge in [0.1, 0.15) is 11.5 Å². The van der Waals surface area contributed by atoms with Crippen LogP contribution in [0.5, 0.6) is 11.5 Å². The van der Waals surface area contributed by atoms with E-state index >= 15 is 0 Å². The number of carbonyl (C=O) groups is 2. The molecule has 0 spiro atoms. The summed E-state index contributed by atoms with van der Waals surface area (Å²) < 4.78 is 20.2. The fourth-order valence-electron chi connectivity index (χ4n) is 2.74. The Balaban J connectivity index is 2.77. The largest absolute Gasteiger partial charge is 0.497 e. The number of ether oxygens (including phenoxy) is 4. The zero-order valence-electron chi connectivity index (χ0n) is 16.8. The fraction of sp³-hybridized carbons (Fsp3) is 0.600. The summed E-state index contributed by atoms with van der Waals surface area (Å²) in [7, 11) is 6.06. The van der Waals surface area contributed by atoms with Crippen molar-refractivity contribution in [2.75, 3.05) is 46.4 Å². The Morgan fingerprint density at radius 1 is 0.815 bits per heavy atom. The molecule has 0 saturated heterocycles. The second-order valence-electron chi connectivity index (χ2n) is 6.09. The van der Waals surface area contributed by atoms with E-state index in [4.69, 9.17) is 9.47 Å². The molecule has 0 radical (unpaired) electrons. The van der Waals surface area contributed by atoms with Crippen LogP contribution in [0.4, 0.5) is 5.69 Å². The third-order valence-electron chi connectivity index (χ3n) is 4.30. The molecule has 0 saturated carbocycles. The van der Waals surface area contributed by atoms with Crippen molar-refractivity contribution in [2.45, 2.75) is 38.5 Å². The van der Waals surface area contributed by atoms with Crippen molar-refractivity contribution >= 4 is 17.6 Å². The second kappa shape index (κ2) is 12.8. The first-order chi connectivity index (χ1) is 13.0. The van der Waals surface area contributed by atoms with Gasteiger partial charge in [-0.1, -0.05) is 0 Å². The monoisotopic (exact) mass is 381 g/mol. The predicted molar refractivity (Wildman–Crippen MR) is 103 cm³/mol. The van der Waals surface area contributed by atoms with Gasteiger partial charge >= 0.3 is 11.9 Å². The summed E-state index contributed by atoms with van der Waals surface area (Å²) in [5.74, 6) is 1.12. The van der Waals surface area contributed by atoms with Crippen LogP contribution in [0, 0.1) is 0 Å². The molecule has 0 amide bonds. The lowest BCUT2D eigenvalue weighted by molar-refractivity contribution is -0.141. The topological polar surface area (TPSA) is 74.3 Å². The number of anilines is 1. The zero-order chi connectivity index (χ0) is 20.1. The van der Waals surface area contributed by atoms with Gasteiger partial charge in [-0.25, -0.2) is 0 Å². The number of nitrogens with zero attached hydrogens (tertiary/aromatic N) is 1. The number of hydrogen-bond donors (Lipinski definition) is 0. The van der Waals surface area contributed by atoms with E-state index in [-0.39, 0.29) is 11.9 Å². The lowest BCUT2D eigenvalue weighted by Gasteiger charge is -2.27. The molecular weight excluding hydrogens is 350 g/mol. The van der Waals surface area contributed by atoms with Gasteiger partial charge in [-0.3, -0.25) is 9.59 Å². The minimum absolute atomic E-state index is 0.196. The van der Waals surface area contributed by atoms with Crippen molar-refractivity contribution in [2.24, 2.45) is 0 Å². The molecule has 1 aromatic carbocycles. The van der Waals surface area contributed by atoms with Crippen LogP contribution in [0.25, 0.3) is 0 Å². The average Bonchev–Trinajstić information content (AvgIpc) is 2.71. The number of carbonyl (C=O) groups excluding carboxylic acids is 2. The number of esters is 2. The third-order valence-corrected chi connectivity index (χ3v) is 4.30. The van der Waals surface area contributed by atoms with Crippen LogP contribution in [0.3, 0.4) is 0 Å². The Morgan fingerprint density at radius 2 is 1.37 bits per heavy atom. The Bertz CT molecular complexity index is 566. The molecule has 0 N–H and O–H groups in total. The van der Waals surface area contributed by atoms with Crippen LogP contribution in [-0.4, -0.2) is 53.5 Å². The molecule has 0 aliphatic rings. The quantitative estimate of drug-likeness (QED) is 0.384. The molecule has 0 unspecified atom stereocenters. The first kappa shape index (κ1) is 22.6. The molecule has 27 heavy (non-hydrogen) atoms. The minimum Gasteiger partial charge on any atom is -0.497 e. The van der Waals surface area contributed by atoms with Gasteiger partial charge < -0.3 is 23.8 Å². The van der Waals surface area contributed by atoms with Gasteiger partial charge in [0.05, 0.1) is 34.1 Å². The van der Waals surface area contributed by atoms with Crippen molar-refractivity contribution in [3.8, 4) is 11.5 Å². The normalized spacial score (nSPS) is 10.2. The molecule has 7 nitrogen and oxygen atoms in total. The Morgan fingerprint density at radius 3 is 1.81 bits per heavy atom. The van der Waals surface area contributed by atoms with E-state index in [9.17, 15) is 9.59 Å². The van der Waals surface area contributed by atoms with Gasteiger partial charge in [-0.2, -0.15) is 0 Å². The molecule has 0 heterocycles. The molecule has 7 heteroatoms. The number of rotatable bonds is 13. The van der Waals surface area contributed by atoms with Crippen molar-refractivity contribution in [3.05, 3.63) is 18.2 Å². The molecule has 0 aliphatic heterocycles. The third kappa shape index (κ3) is 8.19. The van der Waals surface area contributed by atoms with E-state index in [1.54, 1.807) is 14.2 Å². The maximum atomic E-state index is 11.3. The number of hydrogen-bond acceptors (Lipinski definition) is 7. The van der Waals surface area contributed by atoms with Gasteiger partial charge in [0.25, 0.3) is 0 Å².